The quantitative estimate of drug-likeness (QED) is 0.878. The van der Waals surface area contributed by atoms with Gasteiger partial charge in [-0.05, 0) is 35.7 Å². The first-order valence-corrected chi connectivity index (χ1v) is 8.45. The molecule has 0 fully saturated rings. The normalized spacial score (nSPS) is 17.2. The SMILES string of the molecule is CC[C@H](NC(=O)[C@@H]1CC(=O)Nc2ccccc21)c1ccc(OC)cc1. The van der Waals surface area contributed by atoms with Crippen molar-refractivity contribution >= 4 is 17.5 Å². The predicted molar refractivity (Wildman–Crippen MR) is 96.6 cm³/mol. The van der Waals surface area contributed by atoms with Gasteiger partial charge in [0.15, 0.2) is 0 Å². The number of para-hydroxylation sites is 1. The van der Waals surface area contributed by atoms with Crippen molar-refractivity contribution in [3.05, 3.63) is 59.7 Å². The van der Waals surface area contributed by atoms with Gasteiger partial charge in [0.05, 0.1) is 19.1 Å². The van der Waals surface area contributed by atoms with Crippen molar-refractivity contribution in [3.8, 4) is 5.75 Å². The lowest BCUT2D eigenvalue weighted by molar-refractivity contribution is -0.126. The Hall–Kier alpha value is -2.82. The molecule has 5 heteroatoms. The fourth-order valence-corrected chi connectivity index (χ4v) is 3.17. The van der Waals surface area contributed by atoms with Crippen molar-refractivity contribution in [2.75, 3.05) is 12.4 Å². The minimum absolute atomic E-state index is 0.101. The van der Waals surface area contributed by atoms with E-state index in [2.05, 4.69) is 10.6 Å². The summed E-state index contributed by atoms with van der Waals surface area (Å²) in [4.78, 5) is 24.8. The summed E-state index contributed by atoms with van der Waals surface area (Å²) in [7, 11) is 1.62. The fourth-order valence-electron chi connectivity index (χ4n) is 3.17. The van der Waals surface area contributed by atoms with E-state index in [0.29, 0.717) is 0 Å². The zero-order chi connectivity index (χ0) is 17.8. The molecule has 0 aliphatic carbocycles. The number of fused-ring (bicyclic) bond motifs is 1. The minimum atomic E-state index is -0.461. The summed E-state index contributed by atoms with van der Waals surface area (Å²) in [5, 5.41) is 5.92. The molecule has 0 saturated heterocycles. The Morgan fingerprint density at radius 2 is 1.96 bits per heavy atom. The molecular formula is C20H22N2O3. The summed E-state index contributed by atoms with van der Waals surface area (Å²) in [6.07, 6.45) is 0.931. The van der Waals surface area contributed by atoms with Crippen LogP contribution in [0, 0.1) is 0 Å². The van der Waals surface area contributed by atoms with E-state index in [9.17, 15) is 9.59 Å². The van der Waals surface area contributed by atoms with Crippen LogP contribution in [0.1, 0.15) is 42.9 Å². The molecule has 0 bridgehead atoms. The largest absolute Gasteiger partial charge is 0.497 e. The molecule has 5 nitrogen and oxygen atoms in total. The third kappa shape index (κ3) is 3.65. The van der Waals surface area contributed by atoms with Crippen LogP contribution >= 0.6 is 0 Å². The molecule has 3 rings (SSSR count). The molecule has 1 aliphatic rings. The van der Waals surface area contributed by atoms with Crippen LogP contribution in [0.15, 0.2) is 48.5 Å². The maximum absolute atomic E-state index is 12.9. The molecule has 25 heavy (non-hydrogen) atoms. The maximum atomic E-state index is 12.9. The summed E-state index contributed by atoms with van der Waals surface area (Å²) >= 11 is 0. The highest BCUT2D eigenvalue weighted by atomic mass is 16.5. The second-order valence-electron chi connectivity index (χ2n) is 6.13. The molecule has 2 N–H and O–H groups in total. The second kappa shape index (κ2) is 7.38. The van der Waals surface area contributed by atoms with E-state index >= 15 is 0 Å². The van der Waals surface area contributed by atoms with Gasteiger partial charge in [-0.2, -0.15) is 0 Å². The van der Waals surface area contributed by atoms with Gasteiger partial charge >= 0.3 is 0 Å². The highest BCUT2D eigenvalue weighted by Gasteiger charge is 2.31. The van der Waals surface area contributed by atoms with Crippen LogP contribution in [0.3, 0.4) is 0 Å². The first-order chi connectivity index (χ1) is 12.1. The fraction of sp³-hybridized carbons (Fsp3) is 0.300. The van der Waals surface area contributed by atoms with E-state index < -0.39 is 5.92 Å². The van der Waals surface area contributed by atoms with Crippen LogP contribution in [-0.2, 0) is 9.59 Å². The third-order valence-corrected chi connectivity index (χ3v) is 4.56. The molecule has 2 aromatic carbocycles. The molecular weight excluding hydrogens is 316 g/mol. The van der Waals surface area contributed by atoms with Crippen molar-refractivity contribution < 1.29 is 14.3 Å². The second-order valence-corrected chi connectivity index (χ2v) is 6.13. The van der Waals surface area contributed by atoms with Crippen molar-refractivity contribution in [2.24, 2.45) is 0 Å². The van der Waals surface area contributed by atoms with Gasteiger partial charge in [0.1, 0.15) is 5.75 Å². The van der Waals surface area contributed by atoms with E-state index in [4.69, 9.17) is 4.74 Å². The van der Waals surface area contributed by atoms with Crippen molar-refractivity contribution in [1.82, 2.24) is 5.32 Å². The lowest BCUT2D eigenvalue weighted by atomic mass is 9.89. The Balaban J connectivity index is 1.79. The highest BCUT2D eigenvalue weighted by Crippen LogP contribution is 2.33. The number of nitrogens with one attached hydrogen (secondary N) is 2. The van der Waals surface area contributed by atoms with E-state index in [1.807, 2.05) is 55.5 Å². The van der Waals surface area contributed by atoms with Crippen molar-refractivity contribution in [3.63, 3.8) is 0 Å². The van der Waals surface area contributed by atoms with Crippen LogP contribution in [0.5, 0.6) is 5.75 Å². The Morgan fingerprint density at radius 1 is 1.24 bits per heavy atom. The zero-order valence-electron chi connectivity index (χ0n) is 14.4. The van der Waals surface area contributed by atoms with Crippen molar-refractivity contribution in [1.29, 1.82) is 0 Å². The number of benzene rings is 2. The van der Waals surface area contributed by atoms with Gasteiger partial charge in [-0.1, -0.05) is 37.3 Å². The zero-order valence-corrected chi connectivity index (χ0v) is 14.4. The van der Waals surface area contributed by atoms with Crippen molar-refractivity contribution in [2.45, 2.75) is 31.7 Å². The number of carbonyl (C=O) groups excluding carboxylic acids is 2. The number of ether oxygens (including phenoxy) is 1. The Kier molecular flexibility index (Phi) is 5.03. The molecule has 1 heterocycles. The van der Waals surface area contributed by atoms with Crippen LogP contribution in [0.2, 0.25) is 0 Å². The van der Waals surface area contributed by atoms with Crippen LogP contribution in [0.4, 0.5) is 5.69 Å². The summed E-state index contributed by atoms with van der Waals surface area (Å²) in [5.41, 5.74) is 2.60. The van der Waals surface area contributed by atoms with Gasteiger partial charge in [-0.25, -0.2) is 0 Å². The first kappa shape index (κ1) is 17.0. The molecule has 2 atom stereocenters. The number of hydrogen-bond acceptors (Lipinski definition) is 3. The Bertz CT molecular complexity index is 771. The standard InChI is InChI=1S/C20H22N2O3/c1-3-17(13-8-10-14(25-2)11-9-13)22-20(24)16-12-19(23)21-18-7-5-4-6-15(16)18/h4-11,16-17H,3,12H2,1-2H3,(H,21,23)(H,22,24)/t16-,17+/m1/s1. The van der Waals surface area contributed by atoms with Gasteiger partial charge in [0, 0.05) is 12.1 Å². The predicted octanol–water partition coefficient (Wildman–Crippen LogP) is 3.39. The summed E-state index contributed by atoms with van der Waals surface area (Å²) < 4.78 is 5.18. The Labute approximate surface area is 147 Å². The average molecular weight is 338 g/mol. The van der Waals surface area contributed by atoms with Gasteiger partial charge in [0.2, 0.25) is 11.8 Å². The highest BCUT2D eigenvalue weighted by molar-refractivity contribution is 6.01. The van der Waals surface area contributed by atoms with E-state index in [1.165, 1.54) is 0 Å². The summed E-state index contributed by atoms with van der Waals surface area (Å²) in [5.74, 6) is 0.0707. The smallest absolute Gasteiger partial charge is 0.228 e. The lowest BCUT2D eigenvalue weighted by Gasteiger charge is -2.27. The maximum Gasteiger partial charge on any atom is 0.228 e. The van der Waals surface area contributed by atoms with Gasteiger partial charge in [0.25, 0.3) is 0 Å². The molecule has 130 valence electrons. The van der Waals surface area contributed by atoms with Gasteiger partial charge < -0.3 is 15.4 Å². The summed E-state index contributed by atoms with van der Waals surface area (Å²) in [6, 6.07) is 15.0. The lowest BCUT2D eigenvalue weighted by Crippen LogP contribution is -2.36. The van der Waals surface area contributed by atoms with Gasteiger partial charge in [-0.3, -0.25) is 9.59 Å². The average Bonchev–Trinajstić information content (AvgIpc) is 2.65. The summed E-state index contributed by atoms with van der Waals surface area (Å²) in [6.45, 7) is 2.02. The Morgan fingerprint density at radius 3 is 2.64 bits per heavy atom. The first-order valence-electron chi connectivity index (χ1n) is 8.45. The minimum Gasteiger partial charge on any atom is -0.497 e. The molecule has 0 radical (unpaired) electrons. The molecule has 0 aromatic heterocycles. The molecule has 2 aromatic rings. The number of hydrogen-bond donors (Lipinski definition) is 2. The molecule has 1 aliphatic heterocycles. The molecule has 0 unspecified atom stereocenters. The molecule has 0 saturated carbocycles. The molecule has 0 spiro atoms. The topological polar surface area (TPSA) is 67.4 Å². The van der Waals surface area contributed by atoms with E-state index in [-0.39, 0.29) is 24.3 Å². The van der Waals surface area contributed by atoms with Crippen LogP contribution < -0.4 is 15.4 Å². The van der Waals surface area contributed by atoms with Crippen LogP contribution in [0.25, 0.3) is 0 Å². The number of carbonyl (C=O) groups is 2. The van der Waals surface area contributed by atoms with E-state index in [0.717, 1.165) is 29.0 Å². The number of anilines is 1. The van der Waals surface area contributed by atoms with Gasteiger partial charge in [-0.15, -0.1) is 0 Å². The number of rotatable bonds is 5. The number of amides is 2. The monoisotopic (exact) mass is 338 g/mol. The third-order valence-electron chi connectivity index (χ3n) is 4.56. The molecule has 2 amide bonds. The van der Waals surface area contributed by atoms with E-state index in [1.54, 1.807) is 7.11 Å². The number of methoxy groups -OCH3 is 1. The van der Waals surface area contributed by atoms with Crippen LogP contribution in [-0.4, -0.2) is 18.9 Å².